The highest BCUT2D eigenvalue weighted by atomic mass is 19.1. The van der Waals surface area contributed by atoms with Gasteiger partial charge in [-0.05, 0) is 67.9 Å². The summed E-state index contributed by atoms with van der Waals surface area (Å²) in [4.78, 5) is 16.6. The Morgan fingerprint density at radius 1 is 1.25 bits per heavy atom. The average Bonchev–Trinajstić information content (AvgIpc) is 2.81. The van der Waals surface area contributed by atoms with Crippen LogP contribution in [0.4, 0.5) is 4.39 Å². The largest absolute Gasteiger partial charge is 0.381 e. The third kappa shape index (κ3) is 4.55. The van der Waals surface area contributed by atoms with Crippen molar-refractivity contribution in [1.82, 2.24) is 4.98 Å². The van der Waals surface area contributed by atoms with Gasteiger partial charge in [0.1, 0.15) is 12.1 Å². The Morgan fingerprint density at radius 3 is 2.78 bits per heavy atom. The van der Waals surface area contributed by atoms with E-state index in [9.17, 15) is 9.18 Å². The monoisotopic (exact) mass is 436 g/mol. The molecule has 4 nitrogen and oxygen atoms in total. The van der Waals surface area contributed by atoms with Crippen LogP contribution >= 0.6 is 0 Å². The molecule has 2 aliphatic rings. The lowest BCUT2D eigenvalue weighted by molar-refractivity contribution is -0.122. The first-order valence-electron chi connectivity index (χ1n) is 11.6. The minimum Gasteiger partial charge on any atom is -0.381 e. The number of pyridine rings is 1. The Bertz CT molecular complexity index is 960. The van der Waals surface area contributed by atoms with E-state index in [2.05, 4.69) is 18.0 Å². The Hall–Kier alpha value is -2.37. The normalized spacial score (nSPS) is 31.2. The van der Waals surface area contributed by atoms with E-state index < -0.39 is 0 Å². The summed E-state index contributed by atoms with van der Waals surface area (Å²) in [6.07, 6.45) is 12.2. The number of aldehydes is 1. The molecule has 4 rings (SSSR count). The maximum atomic E-state index is 13.5. The number of carbonyl (C=O) groups excluding carboxylic acids is 1. The minimum absolute atomic E-state index is 0.0327. The smallest absolute Gasteiger partial charge is 0.123 e. The molecule has 2 aromatic rings. The number of rotatable bonds is 6. The molecular formula is C27H33FN2O2. The molecule has 0 aliphatic heterocycles. The summed E-state index contributed by atoms with van der Waals surface area (Å²) in [6, 6.07) is 10.4. The predicted octanol–water partition coefficient (Wildman–Crippen LogP) is 5.27. The van der Waals surface area contributed by atoms with Gasteiger partial charge in [-0.1, -0.05) is 37.1 Å². The highest BCUT2D eigenvalue weighted by Gasteiger charge is 2.52. The molecule has 0 amide bonds. The van der Waals surface area contributed by atoms with Crippen molar-refractivity contribution in [3.8, 4) is 11.1 Å². The second kappa shape index (κ2) is 9.63. The van der Waals surface area contributed by atoms with Crippen molar-refractivity contribution in [2.24, 2.45) is 29.4 Å². The number of fused-ring (bicyclic) bond motifs is 1. The van der Waals surface area contributed by atoms with E-state index in [1.807, 2.05) is 24.3 Å². The maximum absolute atomic E-state index is 13.5. The zero-order valence-corrected chi connectivity index (χ0v) is 18.9. The lowest BCUT2D eigenvalue weighted by atomic mass is 9.53. The third-order valence-corrected chi connectivity index (χ3v) is 7.69. The summed E-state index contributed by atoms with van der Waals surface area (Å²) in [5.74, 6) is 0.216. The zero-order chi connectivity index (χ0) is 22.7. The molecule has 5 heteroatoms. The molecule has 2 fully saturated rings. The molecule has 2 saturated carbocycles. The van der Waals surface area contributed by atoms with Gasteiger partial charge in [0.25, 0.3) is 0 Å². The lowest BCUT2D eigenvalue weighted by Gasteiger charge is -2.54. The van der Waals surface area contributed by atoms with Gasteiger partial charge < -0.3 is 15.3 Å². The molecule has 2 N–H and O–H groups in total. The average molecular weight is 437 g/mol. The fourth-order valence-electron chi connectivity index (χ4n) is 6.02. The second-order valence-corrected chi connectivity index (χ2v) is 9.53. The van der Waals surface area contributed by atoms with Gasteiger partial charge in [0, 0.05) is 36.2 Å². The molecule has 0 spiro atoms. The summed E-state index contributed by atoms with van der Waals surface area (Å²) in [5, 5.41) is 0. The highest BCUT2D eigenvalue weighted by Crippen LogP contribution is 2.51. The fraction of sp³-hybridized carbons (Fsp3) is 0.481. The first-order chi connectivity index (χ1) is 15.4. The van der Waals surface area contributed by atoms with Gasteiger partial charge >= 0.3 is 0 Å². The number of allylic oxidation sites excluding steroid dienone is 1. The van der Waals surface area contributed by atoms with Crippen molar-refractivity contribution in [3.05, 3.63) is 60.2 Å². The number of benzene rings is 1. The number of aromatic nitrogens is 1. The lowest BCUT2D eigenvalue weighted by Crippen LogP contribution is -2.60. The van der Waals surface area contributed by atoms with Crippen molar-refractivity contribution < 1.29 is 13.9 Å². The standard InChI is InChI=1S/C27H33FN2O2/c1-18(32-2)26-21(17-31)15-27(29)13-4-3-8-25(27)24(26)12-11-23-10-9-20(16-30-23)19-6-5-7-22(28)14-19/h5-7,9-12,14,16-18,21,24-26H,3-4,8,13,15,29H2,1-2H3/b12-11+/t18-,21+,24+,25?,26-,27-/m1/s1. The molecular weight excluding hydrogens is 403 g/mol. The van der Waals surface area contributed by atoms with Crippen LogP contribution in [0.3, 0.4) is 0 Å². The minimum atomic E-state index is -0.294. The van der Waals surface area contributed by atoms with Crippen LogP contribution in [-0.4, -0.2) is 30.0 Å². The quantitative estimate of drug-likeness (QED) is 0.626. The summed E-state index contributed by atoms with van der Waals surface area (Å²) < 4.78 is 19.3. The van der Waals surface area contributed by atoms with Gasteiger partial charge in [-0.15, -0.1) is 0 Å². The van der Waals surface area contributed by atoms with Crippen LogP contribution in [0.2, 0.25) is 0 Å². The zero-order valence-electron chi connectivity index (χ0n) is 18.9. The van der Waals surface area contributed by atoms with E-state index >= 15 is 0 Å². The molecule has 2 aliphatic carbocycles. The number of nitrogens with two attached hydrogens (primary N) is 1. The number of methoxy groups -OCH3 is 1. The molecule has 170 valence electrons. The molecule has 0 radical (unpaired) electrons. The third-order valence-electron chi connectivity index (χ3n) is 7.69. The van der Waals surface area contributed by atoms with E-state index in [1.165, 1.54) is 18.6 Å². The van der Waals surface area contributed by atoms with Gasteiger partial charge in [0.2, 0.25) is 0 Å². The van der Waals surface area contributed by atoms with Crippen LogP contribution in [0.5, 0.6) is 0 Å². The van der Waals surface area contributed by atoms with Gasteiger partial charge in [-0.3, -0.25) is 4.98 Å². The first kappa shape index (κ1) is 22.8. The number of ether oxygens (including phenoxy) is 1. The van der Waals surface area contributed by atoms with Crippen molar-refractivity contribution in [2.75, 3.05) is 7.11 Å². The van der Waals surface area contributed by atoms with Crippen LogP contribution in [-0.2, 0) is 9.53 Å². The topological polar surface area (TPSA) is 65.2 Å². The number of hydrogen-bond acceptors (Lipinski definition) is 4. The number of nitrogens with zero attached hydrogens (tertiary/aromatic N) is 1. The molecule has 6 atom stereocenters. The van der Waals surface area contributed by atoms with Gasteiger partial charge in [0.15, 0.2) is 0 Å². The second-order valence-electron chi connectivity index (χ2n) is 9.53. The number of halogens is 1. The van der Waals surface area contributed by atoms with Crippen LogP contribution in [0.1, 0.15) is 44.7 Å². The Balaban J connectivity index is 1.62. The van der Waals surface area contributed by atoms with E-state index in [1.54, 1.807) is 19.4 Å². The fourth-order valence-corrected chi connectivity index (χ4v) is 6.02. The van der Waals surface area contributed by atoms with Crippen molar-refractivity contribution in [1.29, 1.82) is 0 Å². The van der Waals surface area contributed by atoms with Crippen LogP contribution in [0.15, 0.2) is 48.7 Å². The Kier molecular flexibility index (Phi) is 6.87. The molecule has 32 heavy (non-hydrogen) atoms. The maximum Gasteiger partial charge on any atom is 0.123 e. The molecule has 0 saturated heterocycles. The van der Waals surface area contributed by atoms with Gasteiger partial charge in [0.05, 0.1) is 11.8 Å². The SMILES string of the molecule is CO[C@H](C)[C@@H]1[C@H](C=O)C[C@]2(N)CCCCC2[C@@H]1/C=C/c1ccc(-c2cccc(F)c2)cn1. The van der Waals surface area contributed by atoms with Crippen molar-refractivity contribution >= 4 is 12.4 Å². The van der Waals surface area contributed by atoms with Crippen molar-refractivity contribution in [2.45, 2.75) is 50.7 Å². The van der Waals surface area contributed by atoms with Gasteiger partial charge in [-0.25, -0.2) is 4.39 Å². The molecule has 1 unspecified atom stereocenters. The van der Waals surface area contributed by atoms with Crippen LogP contribution in [0.25, 0.3) is 17.2 Å². The summed E-state index contributed by atoms with van der Waals surface area (Å²) in [7, 11) is 1.71. The highest BCUT2D eigenvalue weighted by molar-refractivity contribution is 5.63. The van der Waals surface area contributed by atoms with Crippen molar-refractivity contribution in [3.63, 3.8) is 0 Å². The molecule has 1 aromatic heterocycles. The first-order valence-corrected chi connectivity index (χ1v) is 11.6. The summed E-state index contributed by atoms with van der Waals surface area (Å²) >= 11 is 0. The van der Waals surface area contributed by atoms with Crippen LogP contribution in [0, 0.1) is 29.5 Å². The molecule has 0 bridgehead atoms. The summed E-state index contributed by atoms with van der Waals surface area (Å²) in [5.41, 5.74) is 9.13. The van der Waals surface area contributed by atoms with E-state index in [0.717, 1.165) is 48.8 Å². The van der Waals surface area contributed by atoms with Crippen LogP contribution < -0.4 is 5.73 Å². The Morgan fingerprint density at radius 2 is 2.09 bits per heavy atom. The molecule has 1 heterocycles. The van der Waals surface area contributed by atoms with Gasteiger partial charge in [-0.2, -0.15) is 0 Å². The predicted molar refractivity (Wildman–Crippen MR) is 125 cm³/mol. The summed E-state index contributed by atoms with van der Waals surface area (Å²) in [6.45, 7) is 2.06. The number of carbonyl (C=O) groups is 1. The number of hydrogen-bond donors (Lipinski definition) is 1. The van der Waals surface area contributed by atoms with E-state index in [4.69, 9.17) is 10.5 Å². The van der Waals surface area contributed by atoms with E-state index in [-0.39, 0.29) is 35.2 Å². The van der Waals surface area contributed by atoms with E-state index in [0.29, 0.717) is 5.92 Å². The Labute approximate surface area is 190 Å². The molecule has 1 aromatic carbocycles.